The number of imidazole rings is 1. The molecule has 0 unspecified atom stereocenters. The largest absolute Gasteiger partial charge is 0.481 e. The van der Waals surface area contributed by atoms with Crippen molar-refractivity contribution in [3.63, 3.8) is 0 Å². The van der Waals surface area contributed by atoms with Crippen molar-refractivity contribution in [3.8, 4) is 39.7 Å². The number of rotatable bonds is 7. The van der Waals surface area contributed by atoms with Gasteiger partial charge in [0.15, 0.2) is 11.6 Å². The highest BCUT2D eigenvalue weighted by Gasteiger charge is 2.29. The molecule has 1 saturated carbocycles. The predicted molar refractivity (Wildman–Crippen MR) is 146 cm³/mol. The number of ether oxygens (including phenoxy) is 1. The Balaban J connectivity index is 1.18. The molecule has 0 atom stereocenters. The van der Waals surface area contributed by atoms with Crippen LogP contribution in [0, 0.1) is 17.6 Å². The monoisotopic (exact) mass is 597 g/mol. The third-order valence-electron chi connectivity index (χ3n) is 7.48. The lowest BCUT2D eigenvalue weighted by Crippen LogP contribution is -2.28. The van der Waals surface area contributed by atoms with Gasteiger partial charge in [0, 0.05) is 11.6 Å². The zero-order chi connectivity index (χ0) is 30.3. The Labute approximate surface area is 241 Å². The number of carboxylic acids is 1. The number of H-pyrrole nitrogens is 1. The van der Waals surface area contributed by atoms with Crippen molar-refractivity contribution in [2.45, 2.75) is 44.5 Å². The number of aromatic amines is 1. The van der Waals surface area contributed by atoms with Crippen LogP contribution in [-0.4, -0.2) is 48.1 Å². The Morgan fingerprint density at radius 3 is 2.16 bits per heavy atom. The molecule has 1 fully saturated rings. The van der Waals surface area contributed by atoms with Crippen molar-refractivity contribution in [2.24, 2.45) is 5.92 Å². The Morgan fingerprint density at radius 1 is 0.953 bits per heavy atom. The fourth-order valence-electron chi connectivity index (χ4n) is 5.29. The molecule has 6 rings (SSSR count). The maximum Gasteiger partial charge on any atom is 0.408 e. The standard InChI is InChI=1S/C30H24F5N5O3/c31-22-13-23-26(38-29(37-23)43-21-11-9-20(10-12-21)28(41)42)25(32)24(22)18-5-1-16(2-6-18)17-3-7-19(8-4-17)27-36-15-40(39-27)14-30(33,34)35/h1-8,13,15,20-21H,9-12,14H2,(H,37,38)(H,41,42). The summed E-state index contributed by atoms with van der Waals surface area (Å²) in [5, 5.41) is 13.0. The molecule has 1 aliphatic carbocycles. The summed E-state index contributed by atoms with van der Waals surface area (Å²) >= 11 is 0. The first-order valence-electron chi connectivity index (χ1n) is 13.5. The number of benzene rings is 3. The first-order chi connectivity index (χ1) is 20.5. The average Bonchev–Trinajstić information content (AvgIpc) is 3.60. The van der Waals surface area contributed by atoms with Gasteiger partial charge in [-0.05, 0) is 42.4 Å². The number of hydrogen-bond donors (Lipinski definition) is 2. The lowest BCUT2D eigenvalue weighted by molar-refractivity contribution is -0.144. The number of hydrogen-bond acceptors (Lipinski definition) is 5. The molecular weight excluding hydrogens is 573 g/mol. The normalized spacial score (nSPS) is 17.3. The van der Waals surface area contributed by atoms with Crippen LogP contribution in [0.4, 0.5) is 22.0 Å². The molecule has 1 aliphatic rings. The van der Waals surface area contributed by atoms with E-state index in [1.54, 1.807) is 48.5 Å². The summed E-state index contributed by atoms with van der Waals surface area (Å²) in [7, 11) is 0. The van der Waals surface area contributed by atoms with Gasteiger partial charge in [0.1, 0.15) is 30.3 Å². The van der Waals surface area contributed by atoms with E-state index in [1.807, 2.05) is 0 Å². The SMILES string of the molecule is O=C(O)C1CCC(Oc2nc3c(F)c(-c4ccc(-c5ccc(-c6ncn(CC(F)(F)F)n6)cc5)cc4)c(F)cc3[nH]2)CC1. The summed E-state index contributed by atoms with van der Waals surface area (Å²) in [6.07, 6.45) is -1.66. The van der Waals surface area contributed by atoms with Crippen LogP contribution in [0.3, 0.4) is 0 Å². The molecule has 5 aromatic rings. The lowest BCUT2D eigenvalue weighted by Gasteiger charge is -2.25. The van der Waals surface area contributed by atoms with Crippen LogP contribution >= 0.6 is 0 Å². The number of carboxylic acid groups (broad SMARTS) is 1. The van der Waals surface area contributed by atoms with Crippen molar-refractivity contribution in [3.05, 3.63) is 72.6 Å². The van der Waals surface area contributed by atoms with Crippen molar-refractivity contribution >= 4 is 17.0 Å². The highest BCUT2D eigenvalue weighted by Crippen LogP contribution is 2.34. The molecule has 0 bridgehead atoms. The Bertz CT molecular complexity index is 1770. The van der Waals surface area contributed by atoms with E-state index in [0.29, 0.717) is 36.8 Å². The van der Waals surface area contributed by atoms with Crippen LogP contribution in [-0.2, 0) is 11.3 Å². The van der Waals surface area contributed by atoms with E-state index < -0.39 is 36.2 Å². The van der Waals surface area contributed by atoms with E-state index in [1.165, 1.54) is 0 Å². The quantitative estimate of drug-likeness (QED) is 0.196. The summed E-state index contributed by atoms with van der Waals surface area (Å²) in [5.41, 5.74) is 2.19. The fourth-order valence-corrected chi connectivity index (χ4v) is 5.29. The molecule has 2 aromatic heterocycles. The highest BCUT2D eigenvalue weighted by atomic mass is 19.4. The minimum absolute atomic E-state index is 0.0466. The molecule has 0 radical (unpaired) electrons. The van der Waals surface area contributed by atoms with Gasteiger partial charge >= 0.3 is 12.1 Å². The molecule has 43 heavy (non-hydrogen) atoms. The molecule has 0 aliphatic heterocycles. The molecule has 0 spiro atoms. The van der Waals surface area contributed by atoms with Gasteiger partial charge in [-0.15, -0.1) is 0 Å². The van der Waals surface area contributed by atoms with E-state index in [-0.39, 0.29) is 34.5 Å². The minimum Gasteiger partial charge on any atom is -0.481 e. The molecule has 2 N–H and O–H groups in total. The molecule has 0 amide bonds. The molecule has 13 heteroatoms. The van der Waals surface area contributed by atoms with Crippen molar-refractivity contribution in [1.82, 2.24) is 24.7 Å². The van der Waals surface area contributed by atoms with Gasteiger partial charge in [0.05, 0.1) is 17.0 Å². The van der Waals surface area contributed by atoms with Gasteiger partial charge in [-0.3, -0.25) is 4.79 Å². The Hall–Kier alpha value is -4.81. The molecule has 3 aromatic carbocycles. The molecule has 0 saturated heterocycles. The van der Waals surface area contributed by atoms with Crippen molar-refractivity contribution in [2.75, 3.05) is 0 Å². The maximum atomic E-state index is 15.6. The van der Waals surface area contributed by atoms with Gasteiger partial charge in [-0.2, -0.15) is 23.3 Å². The van der Waals surface area contributed by atoms with Gasteiger partial charge in [-0.25, -0.2) is 18.4 Å². The number of aliphatic carboxylic acids is 1. The third kappa shape index (κ3) is 6.06. The second kappa shape index (κ2) is 11.1. The second-order valence-electron chi connectivity index (χ2n) is 10.5. The summed E-state index contributed by atoms with van der Waals surface area (Å²) in [6, 6.07) is 14.6. The van der Waals surface area contributed by atoms with E-state index in [9.17, 15) is 18.0 Å². The Morgan fingerprint density at radius 2 is 1.56 bits per heavy atom. The summed E-state index contributed by atoms with van der Waals surface area (Å²) in [5.74, 6) is -2.70. The topological polar surface area (TPSA) is 106 Å². The van der Waals surface area contributed by atoms with E-state index in [0.717, 1.165) is 28.2 Å². The van der Waals surface area contributed by atoms with Gasteiger partial charge in [-0.1, -0.05) is 48.5 Å². The first-order valence-corrected chi connectivity index (χ1v) is 13.5. The van der Waals surface area contributed by atoms with Crippen LogP contribution in [0.1, 0.15) is 25.7 Å². The van der Waals surface area contributed by atoms with Gasteiger partial charge in [0.25, 0.3) is 6.01 Å². The molecule has 8 nitrogen and oxygen atoms in total. The zero-order valence-electron chi connectivity index (χ0n) is 22.4. The number of nitrogens with one attached hydrogen (secondary N) is 1. The van der Waals surface area contributed by atoms with Crippen LogP contribution < -0.4 is 4.74 Å². The third-order valence-corrected chi connectivity index (χ3v) is 7.48. The van der Waals surface area contributed by atoms with Crippen LogP contribution in [0.25, 0.3) is 44.7 Å². The van der Waals surface area contributed by atoms with Crippen molar-refractivity contribution < 1.29 is 36.6 Å². The average molecular weight is 598 g/mol. The number of halogens is 5. The minimum atomic E-state index is -4.40. The van der Waals surface area contributed by atoms with E-state index in [4.69, 9.17) is 9.84 Å². The van der Waals surface area contributed by atoms with E-state index >= 15 is 8.78 Å². The molecule has 222 valence electrons. The Kier molecular flexibility index (Phi) is 7.32. The van der Waals surface area contributed by atoms with E-state index in [2.05, 4.69) is 20.1 Å². The second-order valence-corrected chi connectivity index (χ2v) is 10.5. The summed E-state index contributed by atoms with van der Waals surface area (Å²) in [6.45, 7) is -1.23. The fraction of sp³-hybridized carbons (Fsp3) is 0.267. The van der Waals surface area contributed by atoms with Gasteiger partial charge < -0.3 is 14.8 Å². The summed E-state index contributed by atoms with van der Waals surface area (Å²) in [4.78, 5) is 22.1. The number of nitrogens with zero attached hydrogens (tertiary/aromatic N) is 4. The lowest BCUT2D eigenvalue weighted by atomic mass is 9.87. The van der Waals surface area contributed by atoms with Crippen molar-refractivity contribution in [1.29, 1.82) is 0 Å². The van der Waals surface area contributed by atoms with Crippen LogP contribution in [0.2, 0.25) is 0 Å². The van der Waals surface area contributed by atoms with Crippen LogP contribution in [0.15, 0.2) is 60.9 Å². The first kappa shape index (κ1) is 28.3. The zero-order valence-corrected chi connectivity index (χ0v) is 22.4. The van der Waals surface area contributed by atoms with Crippen LogP contribution in [0.5, 0.6) is 6.01 Å². The number of alkyl halides is 3. The summed E-state index contributed by atoms with van der Waals surface area (Å²) < 4.78 is 75.0. The molecular formula is C30H24F5N5O3. The number of aromatic nitrogens is 5. The number of fused-ring (bicyclic) bond motifs is 1. The maximum absolute atomic E-state index is 15.6. The number of carbonyl (C=O) groups is 1. The van der Waals surface area contributed by atoms with Gasteiger partial charge in [0.2, 0.25) is 0 Å². The highest BCUT2D eigenvalue weighted by molar-refractivity contribution is 5.84. The molecule has 2 heterocycles. The predicted octanol–water partition coefficient (Wildman–Crippen LogP) is 7.02. The smallest absolute Gasteiger partial charge is 0.408 e.